The lowest BCUT2D eigenvalue weighted by atomic mass is 10.1. The van der Waals surface area contributed by atoms with Crippen LogP contribution in [-0.2, 0) is 16.1 Å². The van der Waals surface area contributed by atoms with Gasteiger partial charge in [0, 0.05) is 0 Å². The highest BCUT2D eigenvalue weighted by Crippen LogP contribution is 2.27. The van der Waals surface area contributed by atoms with Crippen LogP contribution in [-0.4, -0.2) is 28.4 Å². The Morgan fingerprint density at radius 2 is 1.76 bits per heavy atom. The van der Waals surface area contributed by atoms with Crippen molar-refractivity contribution in [1.82, 2.24) is 0 Å². The monoisotopic (exact) mass is 236 g/mol. The SMILES string of the molecule is O=C(OCc1ccccc1)C1C[C@@H](O)[C@@H](O)C1. The minimum Gasteiger partial charge on any atom is -0.461 e. The lowest BCUT2D eigenvalue weighted by Gasteiger charge is -2.09. The zero-order valence-electron chi connectivity index (χ0n) is 9.45. The molecule has 1 saturated carbocycles. The van der Waals surface area contributed by atoms with Crippen LogP contribution in [0.2, 0.25) is 0 Å². The molecular weight excluding hydrogens is 220 g/mol. The number of carbonyl (C=O) groups is 1. The second-order valence-electron chi connectivity index (χ2n) is 4.40. The largest absolute Gasteiger partial charge is 0.461 e. The smallest absolute Gasteiger partial charge is 0.309 e. The van der Waals surface area contributed by atoms with Crippen molar-refractivity contribution in [1.29, 1.82) is 0 Å². The summed E-state index contributed by atoms with van der Waals surface area (Å²) in [6.07, 6.45) is -1.03. The Labute approximate surface area is 99.8 Å². The molecule has 92 valence electrons. The Balaban J connectivity index is 1.82. The third kappa shape index (κ3) is 3.05. The van der Waals surface area contributed by atoms with Gasteiger partial charge in [-0.25, -0.2) is 0 Å². The van der Waals surface area contributed by atoms with Crippen LogP contribution in [0.25, 0.3) is 0 Å². The van der Waals surface area contributed by atoms with Gasteiger partial charge in [0.1, 0.15) is 6.61 Å². The predicted molar refractivity (Wildman–Crippen MR) is 61.0 cm³/mol. The Morgan fingerprint density at radius 3 is 2.35 bits per heavy atom. The van der Waals surface area contributed by atoms with Crippen molar-refractivity contribution < 1.29 is 19.7 Å². The standard InChI is InChI=1S/C13H16O4/c14-11-6-10(7-12(11)15)13(16)17-8-9-4-2-1-3-5-9/h1-5,10-12,14-15H,6-8H2/t10?,11-,12+. The average molecular weight is 236 g/mol. The minimum atomic E-state index is -0.802. The van der Waals surface area contributed by atoms with Gasteiger partial charge in [-0.2, -0.15) is 0 Å². The zero-order chi connectivity index (χ0) is 12.3. The van der Waals surface area contributed by atoms with E-state index in [1.165, 1.54) is 0 Å². The van der Waals surface area contributed by atoms with Crippen molar-refractivity contribution in [2.45, 2.75) is 31.7 Å². The van der Waals surface area contributed by atoms with E-state index in [1.54, 1.807) is 0 Å². The maximum absolute atomic E-state index is 11.7. The summed E-state index contributed by atoms with van der Waals surface area (Å²) in [6, 6.07) is 9.42. The number of ether oxygens (including phenoxy) is 1. The number of hydrogen-bond donors (Lipinski definition) is 2. The number of rotatable bonds is 3. The third-order valence-electron chi connectivity index (χ3n) is 3.05. The van der Waals surface area contributed by atoms with Crippen LogP contribution in [0.5, 0.6) is 0 Å². The fraction of sp³-hybridized carbons (Fsp3) is 0.462. The van der Waals surface area contributed by atoms with E-state index in [4.69, 9.17) is 4.74 Å². The van der Waals surface area contributed by atoms with Crippen LogP contribution >= 0.6 is 0 Å². The van der Waals surface area contributed by atoms with Crippen molar-refractivity contribution in [3.63, 3.8) is 0 Å². The van der Waals surface area contributed by atoms with Crippen molar-refractivity contribution in [2.24, 2.45) is 5.92 Å². The van der Waals surface area contributed by atoms with Gasteiger partial charge >= 0.3 is 5.97 Å². The number of benzene rings is 1. The average Bonchev–Trinajstić information content (AvgIpc) is 2.68. The molecule has 1 aliphatic rings. The van der Waals surface area contributed by atoms with Crippen LogP contribution in [0.3, 0.4) is 0 Å². The highest BCUT2D eigenvalue weighted by Gasteiger charge is 2.36. The lowest BCUT2D eigenvalue weighted by molar-refractivity contribution is -0.150. The molecule has 0 bridgehead atoms. The molecule has 4 nitrogen and oxygen atoms in total. The van der Waals surface area contributed by atoms with Crippen molar-refractivity contribution in [3.8, 4) is 0 Å². The first-order chi connectivity index (χ1) is 8.16. The minimum absolute atomic E-state index is 0.238. The molecule has 0 heterocycles. The zero-order valence-corrected chi connectivity index (χ0v) is 9.45. The van der Waals surface area contributed by atoms with Gasteiger partial charge in [-0.05, 0) is 18.4 Å². The molecule has 1 aliphatic carbocycles. The number of hydrogen-bond acceptors (Lipinski definition) is 4. The second-order valence-corrected chi connectivity index (χ2v) is 4.40. The lowest BCUT2D eigenvalue weighted by Crippen LogP contribution is -2.17. The van der Waals surface area contributed by atoms with Crippen LogP contribution < -0.4 is 0 Å². The van der Waals surface area contributed by atoms with Gasteiger partial charge in [0.2, 0.25) is 0 Å². The van der Waals surface area contributed by atoms with E-state index in [0.29, 0.717) is 0 Å². The Bertz CT molecular complexity index is 366. The Hall–Kier alpha value is -1.39. The predicted octanol–water partition coefficient (Wildman–Crippen LogP) is 0.862. The molecule has 0 amide bonds. The molecule has 2 rings (SSSR count). The van der Waals surface area contributed by atoms with Gasteiger partial charge in [-0.15, -0.1) is 0 Å². The highest BCUT2D eigenvalue weighted by atomic mass is 16.5. The fourth-order valence-electron chi connectivity index (χ4n) is 2.03. The number of esters is 1. The van der Waals surface area contributed by atoms with Crippen LogP contribution in [0.15, 0.2) is 30.3 Å². The fourth-order valence-corrected chi connectivity index (χ4v) is 2.03. The third-order valence-corrected chi connectivity index (χ3v) is 3.05. The second kappa shape index (κ2) is 5.29. The summed E-state index contributed by atoms with van der Waals surface area (Å²) in [4.78, 5) is 11.7. The first-order valence-corrected chi connectivity index (χ1v) is 5.73. The van der Waals surface area contributed by atoms with E-state index in [1.807, 2.05) is 30.3 Å². The molecule has 0 saturated heterocycles. The van der Waals surface area contributed by atoms with Crippen molar-refractivity contribution in [3.05, 3.63) is 35.9 Å². The summed E-state index contributed by atoms with van der Waals surface area (Å²) in [6.45, 7) is 0.238. The van der Waals surface area contributed by atoms with Crippen LogP contribution in [0.4, 0.5) is 0 Å². The van der Waals surface area contributed by atoms with E-state index in [9.17, 15) is 15.0 Å². The molecule has 0 aliphatic heterocycles. The molecule has 0 aromatic heterocycles. The van der Waals surface area contributed by atoms with Gasteiger partial charge in [-0.3, -0.25) is 4.79 Å². The molecule has 3 atom stereocenters. The topological polar surface area (TPSA) is 66.8 Å². The summed E-state index contributed by atoms with van der Waals surface area (Å²) in [5.74, 6) is -0.729. The van der Waals surface area contributed by atoms with Crippen molar-refractivity contribution in [2.75, 3.05) is 0 Å². The van der Waals surface area contributed by atoms with Gasteiger partial charge in [0.25, 0.3) is 0 Å². The maximum atomic E-state index is 11.7. The molecule has 4 heteroatoms. The molecule has 0 spiro atoms. The molecule has 1 unspecified atom stereocenters. The molecule has 1 fully saturated rings. The van der Waals surface area contributed by atoms with Gasteiger partial charge in [-0.1, -0.05) is 30.3 Å². The maximum Gasteiger partial charge on any atom is 0.309 e. The first-order valence-electron chi connectivity index (χ1n) is 5.73. The molecule has 1 aromatic rings. The molecule has 1 aromatic carbocycles. The number of aliphatic hydroxyl groups is 2. The summed E-state index contributed by atoms with van der Waals surface area (Å²) < 4.78 is 5.15. The normalized spacial score (nSPS) is 28.0. The van der Waals surface area contributed by atoms with Gasteiger partial charge < -0.3 is 14.9 Å². The van der Waals surface area contributed by atoms with E-state index in [2.05, 4.69) is 0 Å². The highest BCUT2D eigenvalue weighted by molar-refractivity contribution is 5.73. The summed E-state index contributed by atoms with van der Waals surface area (Å²) in [7, 11) is 0. The van der Waals surface area contributed by atoms with Gasteiger partial charge in [0.05, 0.1) is 18.1 Å². The van der Waals surface area contributed by atoms with E-state index in [-0.39, 0.29) is 31.3 Å². The van der Waals surface area contributed by atoms with Crippen LogP contribution in [0, 0.1) is 5.92 Å². The summed E-state index contributed by atoms with van der Waals surface area (Å²) >= 11 is 0. The Kier molecular flexibility index (Phi) is 3.76. The number of carbonyl (C=O) groups excluding carboxylic acids is 1. The van der Waals surface area contributed by atoms with Gasteiger partial charge in [0.15, 0.2) is 0 Å². The Morgan fingerprint density at radius 1 is 1.18 bits per heavy atom. The van der Waals surface area contributed by atoms with E-state index < -0.39 is 12.2 Å². The molecule has 17 heavy (non-hydrogen) atoms. The number of aliphatic hydroxyl groups excluding tert-OH is 2. The van der Waals surface area contributed by atoms with Crippen LogP contribution in [0.1, 0.15) is 18.4 Å². The van der Waals surface area contributed by atoms with E-state index >= 15 is 0 Å². The summed E-state index contributed by atoms with van der Waals surface area (Å²) in [5, 5.41) is 18.7. The molecule has 2 N–H and O–H groups in total. The summed E-state index contributed by atoms with van der Waals surface area (Å²) in [5.41, 5.74) is 0.931. The molecule has 0 radical (unpaired) electrons. The molecular formula is C13H16O4. The quantitative estimate of drug-likeness (QED) is 0.764. The first kappa shape index (κ1) is 12.1. The van der Waals surface area contributed by atoms with E-state index in [0.717, 1.165) is 5.56 Å². The van der Waals surface area contributed by atoms with Crippen molar-refractivity contribution >= 4 is 5.97 Å².